The molecule has 1 aliphatic heterocycles. The first kappa shape index (κ1) is 18.6. The third-order valence-corrected chi connectivity index (χ3v) is 9.04. The van der Waals surface area contributed by atoms with E-state index in [-0.39, 0.29) is 15.5 Å². The molecule has 3 rings (SSSR count). The molecule has 0 saturated carbocycles. The zero-order valence-electron chi connectivity index (χ0n) is 13.4. The molecule has 0 N–H and O–H groups in total. The highest BCUT2D eigenvalue weighted by Gasteiger charge is 2.38. The molecule has 8 heteroatoms. The van der Waals surface area contributed by atoms with Crippen LogP contribution in [0.5, 0.6) is 0 Å². The molecule has 0 spiro atoms. The molecule has 0 aromatic heterocycles. The minimum Gasteiger partial charge on any atom is -0.224 e. The predicted octanol–water partition coefficient (Wildman–Crippen LogP) is 3.08. The highest BCUT2D eigenvalue weighted by atomic mass is 79.9. The fraction of sp³-hybridized carbons (Fsp3) is 0.294. The van der Waals surface area contributed by atoms with Crippen molar-refractivity contribution in [2.75, 3.05) is 12.3 Å². The molecule has 5 nitrogen and oxygen atoms in total. The molecule has 1 fully saturated rings. The SMILES string of the molecule is O=S(=O)(C[C@@H]1CCCN1S(=O)(=O)c1ccccc1Br)c1ccccc1. The first-order valence-corrected chi connectivity index (χ1v) is 11.7. The highest BCUT2D eigenvalue weighted by molar-refractivity contribution is 9.10. The minimum absolute atomic E-state index is 0.166. The number of benzene rings is 2. The van der Waals surface area contributed by atoms with Crippen LogP contribution in [0, 0.1) is 0 Å². The van der Waals surface area contributed by atoms with E-state index in [1.807, 2.05) is 0 Å². The van der Waals surface area contributed by atoms with E-state index in [2.05, 4.69) is 15.9 Å². The highest BCUT2D eigenvalue weighted by Crippen LogP contribution is 2.31. The van der Waals surface area contributed by atoms with Gasteiger partial charge in [-0.1, -0.05) is 30.3 Å². The van der Waals surface area contributed by atoms with E-state index in [9.17, 15) is 16.8 Å². The molecule has 2 aromatic carbocycles. The van der Waals surface area contributed by atoms with Gasteiger partial charge in [0.25, 0.3) is 0 Å². The van der Waals surface area contributed by atoms with Crippen LogP contribution >= 0.6 is 15.9 Å². The van der Waals surface area contributed by atoms with Crippen molar-refractivity contribution in [2.45, 2.75) is 28.7 Å². The molecule has 0 unspecified atom stereocenters. The van der Waals surface area contributed by atoms with Gasteiger partial charge in [-0.25, -0.2) is 16.8 Å². The summed E-state index contributed by atoms with van der Waals surface area (Å²) in [6.45, 7) is 0.332. The largest absolute Gasteiger partial charge is 0.244 e. The lowest BCUT2D eigenvalue weighted by Gasteiger charge is -2.24. The Hall–Kier alpha value is -1.22. The monoisotopic (exact) mass is 443 g/mol. The summed E-state index contributed by atoms with van der Waals surface area (Å²) < 4.78 is 53.1. The molecule has 1 saturated heterocycles. The van der Waals surface area contributed by atoms with E-state index < -0.39 is 25.9 Å². The van der Waals surface area contributed by atoms with Crippen molar-refractivity contribution in [1.82, 2.24) is 4.31 Å². The summed E-state index contributed by atoms with van der Waals surface area (Å²) in [5.41, 5.74) is 0. The van der Waals surface area contributed by atoms with E-state index in [4.69, 9.17) is 0 Å². The Morgan fingerprint density at radius 2 is 1.60 bits per heavy atom. The van der Waals surface area contributed by atoms with Gasteiger partial charge in [-0.3, -0.25) is 0 Å². The maximum atomic E-state index is 13.0. The van der Waals surface area contributed by atoms with Gasteiger partial charge < -0.3 is 0 Å². The van der Waals surface area contributed by atoms with Crippen LogP contribution in [0.4, 0.5) is 0 Å². The van der Waals surface area contributed by atoms with E-state index in [1.165, 1.54) is 22.5 Å². The molecular formula is C17H18BrNO4S2. The average molecular weight is 444 g/mol. The van der Waals surface area contributed by atoms with Crippen molar-refractivity contribution in [3.8, 4) is 0 Å². The van der Waals surface area contributed by atoms with Gasteiger partial charge in [-0.05, 0) is 53.0 Å². The second-order valence-electron chi connectivity index (χ2n) is 5.94. The van der Waals surface area contributed by atoms with E-state index in [0.717, 1.165) is 0 Å². The zero-order valence-corrected chi connectivity index (χ0v) is 16.6. The fourth-order valence-electron chi connectivity index (χ4n) is 3.05. The molecule has 134 valence electrons. The lowest BCUT2D eigenvalue weighted by Crippen LogP contribution is -2.39. The Morgan fingerprint density at radius 3 is 2.28 bits per heavy atom. The molecule has 0 aliphatic carbocycles. The molecule has 25 heavy (non-hydrogen) atoms. The Kier molecular flexibility index (Phi) is 5.34. The maximum absolute atomic E-state index is 13.0. The summed E-state index contributed by atoms with van der Waals surface area (Å²) in [6, 6.07) is 14.2. The quantitative estimate of drug-likeness (QED) is 0.711. The van der Waals surface area contributed by atoms with Crippen molar-refractivity contribution in [1.29, 1.82) is 0 Å². The van der Waals surface area contributed by atoms with Crippen LogP contribution in [0.3, 0.4) is 0 Å². The normalized spacial score (nSPS) is 19.2. The number of halogens is 1. The van der Waals surface area contributed by atoms with Gasteiger partial charge in [-0.15, -0.1) is 0 Å². The molecule has 2 aromatic rings. The van der Waals surface area contributed by atoms with Gasteiger partial charge >= 0.3 is 0 Å². The molecule has 1 heterocycles. The van der Waals surface area contributed by atoms with Gasteiger partial charge in [0.2, 0.25) is 10.0 Å². The lowest BCUT2D eigenvalue weighted by molar-refractivity contribution is 0.407. The summed E-state index contributed by atoms with van der Waals surface area (Å²) in [5.74, 6) is -0.208. The van der Waals surface area contributed by atoms with Gasteiger partial charge in [0.15, 0.2) is 9.84 Å². The molecule has 0 radical (unpaired) electrons. The van der Waals surface area contributed by atoms with Crippen LogP contribution in [0.15, 0.2) is 68.9 Å². The Balaban J connectivity index is 1.90. The van der Waals surface area contributed by atoms with Crippen LogP contribution in [0.2, 0.25) is 0 Å². The number of sulfone groups is 1. The summed E-state index contributed by atoms with van der Waals surface area (Å²) in [4.78, 5) is 0.388. The van der Waals surface area contributed by atoms with E-state index in [0.29, 0.717) is 23.9 Å². The predicted molar refractivity (Wildman–Crippen MR) is 99.6 cm³/mol. The first-order chi connectivity index (χ1) is 11.8. The van der Waals surface area contributed by atoms with E-state index in [1.54, 1.807) is 36.4 Å². The smallest absolute Gasteiger partial charge is 0.224 e. The summed E-state index contributed by atoms with van der Waals surface area (Å²) in [6.07, 6.45) is 1.19. The number of sulfonamides is 1. The van der Waals surface area contributed by atoms with E-state index >= 15 is 0 Å². The van der Waals surface area contributed by atoms with Crippen LogP contribution in [-0.4, -0.2) is 39.5 Å². The molecule has 1 atom stereocenters. The molecule has 1 aliphatic rings. The first-order valence-electron chi connectivity index (χ1n) is 7.86. The number of nitrogens with zero attached hydrogens (tertiary/aromatic N) is 1. The maximum Gasteiger partial charge on any atom is 0.244 e. The standard InChI is InChI=1S/C17H18BrNO4S2/c18-16-10-4-5-11-17(16)25(22,23)19-12-6-7-14(19)13-24(20,21)15-8-2-1-3-9-15/h1-5,8-11,14H,6-7,12-13H2/t14-/m0/s1. The fourth-order valence-corrected chi connectivity index (χ4v) is 7.42. The minimum atomic E-state index is -3.75. The van der Waals surface area contributed by atoms with Crippen LogP contribution < -0.4 is 0 Å². The average Bonchev–Trinajstić information content (AvgIpc) is 3.04. The third-order valence-electron chi connectivity index (χ3n) is 4.26. The second kappa shape index (κ2) is 7.19. The van der Waals surface area contributed by atoms with Crippen molar-refractivity contribution in [3.05, 3.63) is 59.1 Å². The third kappa shape index (κ3) is 3.81. The van der Waals surface area contributed by atoms with Gasteiger partial charge in [0.1, 0.15) is 0 Å². The Labute approximate surface area is 156 Å². The van der Waals surface area contributed by atoms with Crippen molar-refractivity contribution in [2.24, 2.45) is 0 Å². The van der Waals surface area contributed by atoms with Gasteiger partial charge in [0, 0.05) is 17.1 Å². The second-order valence-corrected chi connectivity index (χ2v) is 10.7. The zero-order chi connectivity index (χ0) is 18.1. The Bertz CT molecular complexity index is 959. The molecule has 0 amide bonds. The molecule has 0 bridgehead atoms. The van der Waals surface area contributed by atoms with Crippen molar-refractivity contribution >= 4 is 35.8 Å². The summed E-state index contributed by atoms with van der Waals surface area (Å²) in [5, 5.41) is 0. The molecular weight excluding hydrogens is 426 g/mol. The number of hydrogen-bond acceptors (Lipinski definition) is 4. The van der Waals surface area contributed by atoms with Gasteiger partial charge in [0.05, 0.1) is 15.5 Å². The van der Waals surface area contributed by atoms with Crippen LogP contribution in [0.25, 0.3) is 0 Å². The van der Waals surface area contributed by atoms with Crippen molar-refractivity contribution < 1.29 is 16.8 Å². The summed E-state index contributed by atoms with van der Waals surface area (Å²) >= 11 is 3.27. The lowest BCUT2D eigenvalue weighted by atomic mass is 10.3. The number of hydrogen-bond donors (Lipinski definition) is 0. The van der Waals surface area contributed by atoms with Gasteiger partial charge in [-0.2, -0.15) is 4.31 Å². The van der Waals surface area contributed by atoms with Crippen LogP contribution in [0.1, 0.15) is 12.8 Å². The number of rotatable bonds is 5. The summed E-state index contributed by atoms with van der Waals surface area (Å²) in [7, 11) is -7.30. The van der Waals surface area contributed by atoms with Crippen LogP contribution in [-0.2, 0) is 19.9 Å². The van der Waals surface area contributed by atoms with Crippen molar-refractivity contribution in [3.63, 3.8) is 0 Å². The topological polar surface area (TPSA) is 71.5 Å². The Morgan fingerprint density at radius 1 is 0.960 bits per heavy atom.